The minimum absolute atomic E-state index is 0.0528. The Morgan fingerprint density at radius 1 is 1.26 bits per heavy atom. The molecule has 2 heterocycles. The first-order valence-corrected chi connectivity index (χ1v) is 11.3. The summed E-state index contributed by atoms with van der Waals surface area (Å²) in [6.07, 6.45) is 2.14. The van der Waals surface area contributed by atoms with E-state index < -0.39 is 10.0 Å². The highest BCUT2D eigenvalue weighted by Gasteiger charge is 2.46. The molecule has 0 unspecified atom stereocenters. The van der Waals surface area contributed by atoms with Crippen LogP contribution in [0.2, 0.25) is 0 Å². The summed E-state index contributed by atoms with van der Waals surface area (Å²) in [7, 11) is -1.68. The number of rotatable bonds is 5. The highest BCUT2D eigenvalue weighted by atomic mass is 32.2. The zero-order valence-corrected chi connectivity index (χ0v) is 17.2. The molecule has 2 saturated heterocycles. The highest BCUT2D eigenvalue weighted by Crippen LogP contribution is 2.35. The molecule has 7 heteroatoms. The predicted octanol–water partition coefficient (Wildman–Crippen LogP) is 2.61. The molecule has 0 radical (unpaired) electrons. The topological polar surface area (TPSA) is 66.9 Å². The van der Waals surface area contributed by atoms with Crippen LogP contribution in [0, 0.1) is 11.8 Å². The van der Waals surface area contributed by atoms with Crippen molar-refractivity contribution in [1.82, 2.24) is 9.21 Å². The van der Waals surface area contributed by atoms with Crippen LogP contribution < -0.4 is 4.74 Å². The average molecular weight is 395 g/mol. The molecule has 27 heavy (non-hydrogen) atoms. The summed E-state index contributed by atoms with van der Waals surface area (Å²) in [6, 6.07) is 7.12. The Kier molecular flexibility index (Phi) is 6.11. The SMILES string of the molecule is COc1cccc(C(=O)N2CC[C@H]3CN(CCC(C)C)S(=O)(=O)[C@H]3CC2)c1. The Morgan fingerprint density at radius 3 is 2.70 bits per heavy atom. The number of methoxy groups -OCH3 is 1. The predicted molar refractivity (Wildman–Crippen MR) is 105 cm³/mol. The summed E-state index contributed by atoms with van der Waals surface area (Å²) < 4.78 is 32.7. The number of nitrogens with zero attached hydrogens (tertiary/aromatic N) is 2. The lowest BCUT2D eigenvalue weighted by molar-refractivity contribution is 0.0758. The summed E-state index contributed by atoms with van der Waals surface area (Å²) in [5, 5.41) is -0.354. The first kappa shape index (κ1) is 20.1. The summed E-state index contributed by atoms with van der Waals surface area (Å²) >= 11 is 0. The van der Waals surface area contributed by atoms with Gasteiger partial charge in [0.25, 0.3) is 5.91 Å². The molecule has 0 aromatic heterocycles. The second-order valence-electron chi connectivity index (χ2n) is 7.99. The van der Waals surface area contributed by atoms with Crippen molar-refractivity contribution < 1.29 is 17.9 Å². The molecule has 0 spiro atoms. The van der Waals surface area contributed by atoms with Crippen LogP contribution in [-0.2, 0) is 10.0 Å². The third kappa shape index (κ3) is 4.29. The summed E-state index contributed by atoms with van der Waals surface area (Å²) in [6.45, 7) is 6.52. The van der Waals surface area contributed by atoms with E-state index in [0.29, 0.717) is 49.8 Å². The minimum Gasteiger partial charge on any atom is -0.497 e. The number of sulfonamides is 1. The van der Waals surface area contributed by atoms with Crippen LogP contribution in [0.5, 0.6) is 5.75 Å². The second kappa shape index (κ2) is 8.19. The zero-order valence-electron chi connectivity index (χ0n) is 16.4. The lowest BCUT2D eigenvalue weighted by atomic mass is 10.0. The molecular formula is C20H30N2O4S. The number of hydrogen-bond acceptors (Lipinski definition) is 4. The Bertz CT molecular complexity index is 778. The van der Waals surface area contributed by atoms with Gasteiger partial charge in [-0.3, -0.25) is 4.79 Å². The number of fused-ring (bicyclic) bond motifs is 1. The van der Waals surface area contributed by atoms with Gasteiger partial charge in [-0.2, -0.15) is 0 Å². The number of likely N-dealkylation sites (tertiary alicyclic amines) is 1. The largest absolute Gasteiger partial charge is 0.497 e. The summed E-state index contributed by atoms with van der Waals surface area (Å²) in [5.41, 5.74) is 0.586. The van der Waals surface area contributed by atoms with E-state index >= 15 is 0 Å². The molecule has 2 atom stereocenters. The van der Waals surface area contributed by atoms with Crippen molar-refractivity contribution in [2.75, 3.05) is 33.3 Å². The molecule has 2 aliphatic rings. The van der Waals surface area contributed by atoms with Gasteiger partial charge in [0.15, 0.2) is 0 Å². The van der Waals surface area contributed by atoms with Gasteiger partial charge in [-0.15, -0.1) is 0 Å². The monoisotopic (exact) mass is 394 g/mol. The van der Waals surface area contributed by atoms with Crippen molar-refractivity contribution in [3.05, 3.63) is 29.8 Å². The molecule has 6 nitrogen and oxygen atoms in total. The number of carbonyl (C=O) groups excluding carboxylic acids is 1. The standard InChI is InChI=1S/C20H30N2O4S/c1-15(2)7-12-22-14-17-8-10-21(11-9-19(17)27(22,24)25)20(23)16-5-4-6-18(13-16)26-3/h4-6,13,15,17,19H,7-12,14H2,1-3H3/t17-,19-/m0/s1. The van der Waals surface area contributed by atoms with Crippen molar-refractivity contribution in [2.45, 2.75) is 38.4 Å². The van der Waals surface area contributed by atoms with Gasteiger partial charge in [0.05, 0.1) is 12.4 Å². The van der Waals surface area contributed by atoms with Crippen molar-refractivity contribution in [3.63, 3.8) is 0 Å². The minimum atomic E-state index is -3.26. The van der Waals surface area contributed by atoms with E-state index in [1.165, 1.54) is 0 Å². The van der Waals surface area contributed by atoms with Crippen LogP contribution in [0.4, 0.5) is 0 Å². The molecule has 3 rings (SSSR count). The maximum atomic E-state index is 12.9. The quantitative estimate of drug-likeness (QED) is 0.770. The van der Waals surface area contributed by atoms with Gasteiger partial charge in [-0.1, -0.05) is 19.9 Å². The molecule has 0 N–H and O–H groups in total. The van der Waals surface area contributed by atoms with Gasteiger partial charge in [-0.25, -0.2) is 12.7 Å². The maximum absolute atomic E-state index is 12.9. The Balaban J connectivity index is 1.68. The van der Waals surface area contributed by atoms with Gasteiger partial charge < -0.3 is 9.64 Å². The van der Waals surface area contributed by atoms with E-state index in [2.05, 4.69) is 13.8 Å². The zero-order chi connectivity index (χ0) is 19.6. The Morgan fingerprint density at radius 2 is 2.00 bits per heavy atom. The van der Waals surface area contributed by atoms with Crippen molar-refractivity contribution in [2.24, 2.45) is 11.8 Å². The summed E-state index contributed by atoms with van der Waals surface area (Å²) in [4.78, 5) is 14.6. The molecule has 2 aliphatic heterocycles. The van der Waals surface area contributed by atoms with E-state index in [1.54, 1.807) is 34.5 Å². The first-order valence-electron chi connectivity index (χ1n) is 9.75. The molecule has 150 valence electrons. The van der Waals surface area contributed by atoms with Gasteiger partial charge >= 0.3 is 0 Å². The molecule has 2 fully saturated rings. The molecule has 0 aliphatic carbocycles. The van der Waals surface area contributed by atoms with Crippen molar-refractivity contribution >= 4 is 15.9 Å². The fourth-order valence-corrected chi connectivity index (χ4v) is 6.31. The third-order valence-electron chi connectivity index (χ3n) is 5.72. The molecule has 0 saturated carbocycles. The fraction of sp³-hybridized carbons (Fsp3) is 0.650. The lowest BCUT2D eigenvalue weighted by Gasteiger charge is -2.22. The normalized spacial score (nSPS) is 25.3. The number of hydrogen-bond donors (Lipinski definition) is 0. The van der Waals surface area contributed by atoms with Gasteiger partial charge in [0, 0.05) is 31.7 Å². The lowest BCUT2D eigenvalue weighted by Crippen LogP contribution is -2.35. The third-order valence-corrected chi connectivity index (χ3v) is 8.16. The van der Waals surface area contributed by atoms with E-state index in [1.807, 2.05) is 6.07 Å². The van der Waals surface area contributed by atoms with Crippen LogP contribution in [0.15, 0.2) is 24.3 Å². The number of amides is 1. The van der Waals surface area contributed by atoms with Crippen LogP contribution in [0.1, 0.15) is 43.5 Å². The van der Waals surface area contributed by atoms with E-state index in [0.717, 1.165) is 12.8 Å². The van der Waals surface area contributed by atoms with Gasteiger partial charge in [0.1, 0.15) is 5.75 Å². The van der Waals surface area contributed by atoms with Crippen LogP contribution >= 0.6 is 0 Å². The van der Waals surface area contributed by atoms with E-state index in [4.69, 9.17) is 4.74 Å². The number of carbonyl (C=O) groups is 1. The number of ether oxygens (including phenoxy) is 1. The smallest absolute Gasteiger partial charge is 0.253 e. The van der Waals surface area contributed by atoms with Crippen molar-refractivity contribution in [3.8, 4) is 5.75 Å². The van der Waals surface area contributed by atoms with Gasteiger partial charge in [-0.05, 0) is 49.3 Å². The molecule has 1 aromatic carbocycles. The second-order valence-corrected chi connectivity index (χ2v) is 10.1. The number of benzene rings is 1. The Labute approximate surface area is 162 Å². The van der Waals surface area contributed by atoms with Gasteiger partial charge in [0.2, 0.25) is 10.0 Å². The fourth-order valence-electron chi connectivity index (χ4n) is 4.06. The van der Waals surface area contributed by atoms with E-state index in [-0.39, 0.29) is 17.1 Å². The molecule has 1 aromatic rings. The Hall–Kier alpha value is -1.60. The average Bonchev–Trinajstić information content (AvgIpc) is 2.79. The molecule has 0 bridgehead atoms. The first-order chi connectivity index (χ1) is 12.8. The summed E-state index contributed by atoms with van der Waals surface area (Å²) in [5.74, 6) is 1.20. The highest BCUT2D eigenvalue weighted by molar-refractivity contribution is 7.90. The molecule has 1 amide bonds. The van der Waals surface area contributed by atoms with E-state index in [9.17, 15) is 13.2 Å². The molecular weight excluding hydrogens is 364 g/mol. The van der Waals surface area contributed by atoms with Crippen LogP contribution in [0.3, 0.4) is 0 Å². The van der Waals surface area contributed by atoms with Crippen molar-refractivity contribution in [1.29, 1.82) is 0 Å². The van der Waals surface area contributed by atoms with Crippen LogP contribution in [-0.4, -0.2) is 62.1 Å². The van der Waals surface area contributed by atoms with Crippen LogP contribution in [0.25, 0.3) is 0 Å². The maximum Gasteiger partial charge on any atom is 0.253 e.